The van der Waals surface area contributed by atoms with Crippen LogP contribution in [0.3, 0.4) is 0 Å². The number of phenolic OH excluding ortho intramolecular Hbond substituents is 1. The molecule has 3 aromatic carbocycles. The lowest BCUT2D eigenvalue weighted by molar-refractivity contribution is -0.116. The molecule has 1 atom stereocenters. The van der Waals surface area contributed by atoms with E-state index in [1.807, 2.05) is 37.3 Å². The Hall–Kier alpha value is -2.72. The van der Waals surface area contributed by atoms with Crippen molar-refractivity contribution in [1.82, 2.24) is 0 Å². The summed E-state index contributed by atoms with van der Waals surface area (Å²) in [4.78, 5) is 12.4. The molecule has 3 aromatic rings. The number of carbonyl (C=O) groups excluding carboxylic acids is 1. The van der Waals surface area contributed by atoms with Gasteiger partial charge in [-0.05, 0) is 35.6 Å². The first-order chi connectivity index (χ1) is 12.6. The number of phenols is 1. The van der Waals surface area contributed by atoms with Crippen LogP contribution in [-0.4, -0.2) is 17.6 Å². The number of rotatable bonds is 3. The number of amides is 1. The van der Waals surface area contributed by atoms with Crippen LogP contribution < -0.4 is 10.1 Å². The second-order valence-corrected chi connectivity index (χ2v) is 6.75. The molecule has 1 aliphatic rings. The van der Waals surface area contributed by atoms with Crippen molar-refractivity contribution in [2.45, 2.75) is 19.3 Å². The van der Waals surface area contributed by atoms with E-state index >= 15 is 0 Å². The van der Waals surface area contributed by atoms with E-state index in [0.29, 0.717) is 18.8 Å². The van der Waals surface area contributed by atoms with Gasteiger partial charge in [0.2, 0.25) is 5.91 Å². The Bertz CT molecular complexity index is 1020. The molecule has 0 aromatic heterocycles. The van der Waals surface area contributed by atoms with E-state index in [9.17, 15) is 9.90 Å². The number of nitrogens with one attached hydrogen (secondary N) is 1. The van der Waals surface area contributed by atoms with E-state index < -0.39 is 0 Å². The molecule has 1 aliphatic heterocycles. The van der Waals surface area contributed by atoms with Crippen molar-refractivity contribution in [3.63, 3.8) is 0 Å². The highest BCUT2D eigenvalue weighted by molar-refractivity contribution is 6.32. The van der Waals surface area contributed by atoms with Crippen LogP contribution in [0.1, 0.15) is 30.4 Å². The van der Waals surface area contributed by atoms with Gasteiger partial charge in [-0.3, -0.25) is 4.79 Å². The maximum Gasteiger partial charge on any atom is 0.225 e. The molecule has 1 heterocycles. The largest absolute Gasteiger partial charge is 0.503 e. The normalized spacial score (nSPS) is 16.2. The molecule has 5 heteroatoms. The van der Waals surface area contributed by atoms with Gasteiger partial charge in [0.05, 0.1) is 17.3 Å². The van der Waals surface area contributed by atoms with Gasteiger partial charge in [-0.25, -0.2) is 0 Å². The fourth-order valence-corrected chi connectivity index (χ4v) is 3.78. The van der Waals surface area contributed by atoms with Crippen LogP contribution >= 0.6 is 11.6 Å². The Kier molecular flexibility index (Phi) is 4.21. The number of aromatic hydroxyl groups is 1. The molecule has 0 saturated carbocycles. The Balaban J connectivity index is 1.89. The Morgan fingerprint density at radius 1 is 1.23 bits per heavy atom. The van der Waals surface area contributed by atoms with E-state index in [2.05, 4.69) is 11.4 Å². The maximum absolute atomic E-state index is 12.4. The maximum atomic E-state index is 12.4. The highest BCUT2D eigenvalue weighted by Crippen LogP contribution is 2.44. The lowest BCUT2D eigenvalue weighted by Crippen LogP contribution is -2.23. The van der Waals surface area contributed by atoms with Crippen LogP contribution in [0, 0.1) is 0 Å². The molecular weight excluding hydrogens is 350 g/mol. The predicted octanol–water partition coefficient (Wildman–Crippen LogP) is 5.07. The molecule has 4 nitrogen and oxygen atoms in total. The zero-order valence-electron chi connectivity index (χ0n) is 14.3. The first-order valence-corrected chi connectivity index (χ1v) is 8.93. The van der Waals surface area contributed by atoms with E-state index in [0.717, 1.165) is 27.6 Å². The topological polar surface area (TPSA) is 58.6 Å². The van der Waals surface area contributed by atoms with Crippen LogP contribution in [0.5, 0.6) is 11.5 Å². The lowest BCUT2D eigenvalue weighted by Gasteiger charge is -2.28. The highest BCUT2D eigenvalue weighted by atomic mass is 35.5. The van der Waals surface area contributed by atoms with Crippen LogP contribution in [-0.2, 0) is 4.79 Å². The Labute approximate surface area is 156 Å². The third-order valence-corrected chi connectivity index (χ3v) is 5.03. The number of halogens is 1. The summed E-state index contributed by atoms with van der Waals surface area (Å²) in [6.07, 6.45) is 0.317. The number of carbonyl (C=O) groups is 1. The van der Waals surface area contributed by atoms with Gasteiger partial charge in [0.15, 0.2) is 11.5 Å². The predicted molar refractivity (Wildman–Crippen MR) is 103 cm³/mol. The summed E-state index contributed by atoms with van der Waals surface area (Å²) in [5, 5.41) is 15.4. The monoisotopic (exact) mass is 367 g/mol. The van der Waals surface area contributed by atoms with E-state index in [1.54, 1.807) is 12.1 Å². The molecule has 0 spiro atoms. The van der Waals surface area contributed by atoms with E-state index in [4.69, 9.17) is 16.3 Å². The Morgan fingerprint density at radius 2 is 2.04 bits per heavy atom. The minimum atomic E-state index is -0.152. The summed E-state index contributed by atoms with van der Waals surface area (Å²) in [6, 6.07) is 15.6. The standard InChI is InChI=1S/C21H18ClNO3/c1-2-26-18-10-13(9-17(22)21(18)25)16-11-19(24)23-20-14-6-4-3-5-12(14)7-8-15(16)20/h3-10,16,25H,2,11H2,1H3,(H,23,24). The van der Waals surface area contributed by atoms with Crippen molar-refractivity contribution in [3.05, 3.63) is 64.7 Å². The van der Waals surface area contributed by atoms with Crippen LogP contribution in [0.15, 0.2) is 48.5 Å². The summed E-state index contributed by atoms with van der Waals surface area (Å²) in [5.41, 5.74) is 2.72. The third-order valence-electron chi connectivity index (χ3n) is 4.74. The molecule has 132 valence electrons. The summed E-state index contributed by atoms with van der Waals surface area (Å²) >= 11 is 6.20. The van der Waals surface area contributed by atoms with E-state index in [1.165, 1.54) is 0 Å². The van der Waals surface area contributed by atoms with Crippen LogP contribution in [0.4, 0.5) is 5.69 Å². The quantitative estimate of drug-likeness (QED) is 0.679. The number of benzene rings is 3. The van der Waals surface area contributed by atoms with Crippen LogP contribution in [0.25, 0.3) is 10.8 Å². The average Bonchev–Trinajstić information content (AvgIpc) is 2.64. The molecule has 4 rings (SSSR count). The molecular formula is C21H18ClNO3. The van der Waals surface area contributed by atoms with Crippen molar-refractivity contribution in [1.29, 1.82) is 0 Å². The third kappa shape index (κ3) is 2.76. The molecule has 0 bridgehead atoms. The summed E-state index contributed by atoms with van der Waals surface area (Å²) < 4.78 is 5.50. The number of hydrogen-bond donors (Lipinski definition) is 2. The van der Waals surface area contributed by atoms with Gasteiger partial charge in [0.1, 0.15) is 0 Å². The van der Waals surface area contributed by atoms with Gasteiger partial charge in [0.25, 0.3) is 0 Å². The highest BCUT2D eigenvalue weighted by Gasteiger charge is 2.29. The fraction of sp³-hybridized carbons (Fsp3) is 0.190. The molecule has 0 radical (unpaired) electrons. The smallest absolute Gasteiger partial charge is 0.225 e. The average molecular weight is 368 g/mol. The zero-order valence-corrected chi connectivity index (χ0v) is 15.0. The van der Waals surface area contributed by atoms with Gasteiger partial charge in [-0.15, -0.1) is 0 Å². The molecule has 0 saturated heterocycles. The zero-order chi connectivity index (χ0) is 18.3. The summed E-state index contributed by atoms with van der Waals surface area (Å²) in [6.45, 7) is 2.26. The van der Waals surface area contributed by atoms with Gasteiger partial charge in [-0.2, -0.15) is 0 Å². The molecule has 26 heavy (non-hydrogen) atoms. The van der Waals surface area contributed by atoms with Crippen LogP contribution in [0.2, 0.25) is 5.02 Å². The van der Waals surface area contributed by atoms with Crippen molar-refractivity contribution in [2.75, 3.05) is 11.9 Å². The van der Waals surface area contributed by atoms with Crippen molar-refractivity contribution in [3.8, 4) is 11.5 Å². The summed E-state index contributed by atoms with van der Waals surface area (Å²) in [5.74, 6) is 0.0706. The number of fused-ring (bicyclic) bond motifs is 3. The van der Waals surface area contributed by atoms with Crippen molar-refractivity contribution in [2.24, 2.45) is 0 Å². The van der Waals surface area contributed by atoms with E-state index in [-0.39, 0.29) is 22.6 Å². The molecule has 1 unspecified atom stereocenters. The summed E-state index contributed by atoms with van der Waals surface area (Å²) in [7, 11) is 0. The first-order valence-electron chi connectivity index (χ1n) is 8.55. The number of anilines is 1. The van der Waals surface area contributed by atoms with Gasteiger partial charge < -0.3 is 15.2 Å². The van der Waals surface area contributed by atoms with Gasteiger partial charge in [0, 0.05) is 17.7 Å². The number of ether oxygens (including phenoxy) is 1. The van der Waals surface area contributed by atoms with Crippen molar-refractivity contribution >= 4 is 34.0 Å². The Morgan fingerprint density at radius 3 is 2.85 bits per heavy atom. The number of hydrogen-bond acceptors (Lipinski definition) is 3. The van der Waals surface area contributed by atoms with Crippen molar-refractivity contribution < 1.29 is 14.6 Å². The second kappa shape index (κ2) is 6.54. The lowest BCUT2D eigenvalue weighted by atomic mass is 9.83. The van der Waals surface area contributed by atoms with Gasteiger partial charge in [-0.1, -0.05) is 48.0 Å². The second-order valence-electron chi connectivity index (χ2n) is 6.34. The minimum Gasteiger partial charge on any atom is -0.503 e. The molecule has 0 fully saturated rings. The minimum absolute atomic E-state index is 0.0407. The molecule has 1 amide bonds. The van der Waals surface area contributed by atoms with Gasteiger partial charge >= 0.3 is 0 Å². The first kappa shape index (κ1) is 16.7. The molecule has 2 N–H and O–H groups in total. The molecule has 0 aliphatic carbocycles. The fourth-order valence-electron chi connectivity index (χ4n) is 3.56. The SMILES string of the molecule is CCOc1cc(C2CC(=O)Nc3c2ccc2ccccc32)cc(Cl)c1O.